The van der Waals surface area contributed by atoms with Crippen molar-refractivity contribution in [1.29, 1.82) is 0 Å². The highest BCUT2D eigenvalue weighted by Gasteiger charge is 2.32. The van der Waals surface area contributed by atoms with Gasteiger partial charge >= 0.3 is 5.97 Å². The van der Waals surface area contributed by atoms with Crippen molar-refractivity contribution in [2.75, 3.05) is 7.11 Å². The summed E-state index contributed by atoms with van der Waals surface area (Å²) in [4.78, 5) is 14.2. The SMILES string of the molecule is COC(=O)c1cc([S+](c2ccccc2)c2ccccc2)cc(F)c1F. The molecule has 0 bridgehead atoms. The van der Waals surface area contributed by atoms with Crippen molar-refractivity contribution in [1.82, 2.24) is 0 Å². The summed E-state index contributed by atoms with van der Waals surface area (Å²) in [5.74, 6) is -3.16. The Kier molecular flexibility index (Phi) is 5.14. The van der Waals surface area contributed by atoms with E-state index < -0.39 is 34.1 Å². The van der Waals surface area contributed by atoms with E-state index in [1.807, 2.05) is 60.7 Å². The minimum absolute atomic E-state index is 0.401. The molecule has 0 atom stereocenters. The number of hydrogen-bond acceptors (Lipinski definition) is 2. The van der Waals surface area contributed by atoms with Crippen LogP contribution >= 0.6 is 0 Å². The molecule has 0 aliphatic rings. The van der Waals surface area contributed by atoms with Crippen LogP contribution in [0.15, 0.2) is 87.5 Å². The highest BCUT2D eigenvalue weighted by Crippen LogP contribution is 2.32. The summed E-state index contributed by atoms with van der Waals surface area (Å²) in [6, 6.07) is 21.5. The van der Waals surface area contributed by atoms with Crippen LogP contribution in [0.3, 0.4) is 0 Å². The third kappa shape index (κ3) is 3.56. The van der Waals surface area contributed by atoms with Gasteiger partial charge in [0.1, 0.15) is 5.56 Å². The summed E-state index contributed by atoms with van der Waals surface area (Å²) in [5.41, 5.74) is -0.401. The number of hydrogen-bond donors (Lipinski definition) is 0. The fraction of sp³-hybridized carbons (Fsp3) is 0.0500. The van der Waals surface area contributed by atoms with Crippen LogP contribution in [0.1, 0.15) is 10.4 Å². The van der Waals surface area contributed by atoms with Crippen LogP contribution in [0.4, 0.5) is 8.78 Å². The van der Waals surface area contributed by atoms with E-state index in [1.54, 1.807) is 0 Å². The Balaban J connectivity index is 2.21. The maximum Gasteiger partial charge on any atom is 0.341 e. The van der Waals surface area contributed by atoms with E-state index in [9.17, 15) is 13.6 Å². The Labute approximate surface area is 147 Å². The molecule has 0 aromatic heterocycles. The van der Waals surface area contributed by atoms with Crippen molar-refractivity contribution in [3.8, 4) is 0 Å². The molecule has 5 heteroatoms. The quantitative estimate of drug-likeness (QED) is 0.493. The predicted octanol–water partition coefficient (Wildman–Crippen LogP) is 4.85. The first-order valence-electron chi connectivity index (χ1n) is 7.53. The molecule has 3 rings (SSSR count). The van der Waals surface area contributed by atoms with Gasteiger partial charge in [0, 0.05) is 12.1 Å². The summed E-state index contributed by atoms with van der Waals surface area (Å²) < 4.78 is 32.7. The standard InChI is InChI=1S/C20H15F2O2S/c1-24-20(23)17-12-16(13-18(21)19(17)22)25(14-8-4-2-5-9-14)15-10-6-3-7-11-15/h2-13H,1H3/q+1. The maximum atomic E-state index is 14.1. The summed E-state index contributed by atoms with van der Waals surface area (Å²) >= 11 is 0. The van der Waals surface area contributed by atoms with Gasteiger partial charge in [0.2, 0.25) is 0 Å². The Morgan fingerprint density at radius 3 is 1.84 bits per heavy atom. The molecule has 0 fully saturated rings. The van der Waals surface area contributed by atoms with E-state index in [-0.39, 0.29) is 0 Å². The molecule has 3 aromatic rings. The van der Waals surface area contributed by atoms with E-state index >= 15 is 0 Å². The van der Waals surface area contributed by atoms with Crippen molar-refractivity contribution < 1.29 is 18.3 Å². The van der Waals surface area contributed by atoms with Gasteiger partial charge < -0.3 is 4.74 Å². The van der Waals surface area contributed by atoms with E-state index in [0.29, 0.717) is 4.90 Å². The van der Waals surface area contributed by atoms with Crippen LogP contribution in [0, 0.1) is 11.6 Å². The summed E-state index contributed by atoms with van der Waals surface area (Å²) in [5, 5.41) is 0. The lowest BCUT2D eigenvalue weighted by molar-refractivity contribution is 0.0594. The number of halogens is 2. The molecule has 3 aromatic carbocycles. The molecular weight excluding hydrogens is 342 g/mol. The fourth-order valence-corrected chi connectivity index (χ4v) is 4.59. The number of carbonyl (C=O) groups excluding carboxylic acids is 1. The van der Waals surface area contributed by atoms with Crippen molar-refractivity contribution in [2.45, 2.75) is 14.7 Å². The molecule has 126 valence electrons. The Hall–Kier alpha value is -2.66. The first-order chi connectivity index (χ1) is 12.1. The monoisotopic (exact) mass is 357 g/mol. The molecule has 2 nitrogen and oxygen atoms in total. The number of benzene rings is 3. The molecule has 0 amide bonds. The van der Waals surface area contributed by atoms with Crippen LogP contribution in [0.25, 0.3) is 0 Å². The van der Waals surface area contributed by atoms with Crippen LogP contribution < -0.4 is 0 Å². The maximum absolute atomic E-state index is 14.1. The van der Waals surface area contributed by atoms with Gasteiger partial charge in [-0.15, -0.1) is 0 Å². The molecule has 25 heavy (non-hydrogen) atoms. The second-order valence-electron chi connectivity index (χ2n) is 5.19. The largest absolute Gasteiger partial charge is 0.465 e. The van der Waals surface area contributed by atoms with E-state index in [2.05, 4.69) is 4.74 Å². The molecular formula is C20H15F2O2S+. The summed E-state index contributed by atoms with van der Waals surface area (Å²) in [7, 11) is 0.463. The van der Waals surface area contributed by atoms with Gasteiger partial charge in [0.15, 0.2) is 26.3 Å². The molecule has 0 unspecified atom stereocenters. The molecule has 0 heterocycles. The Morgan fingerprint density at radius 2 is 1.36 bits per heavy atom. The third-order valence-electron chi connectivity index (χ3n) is 3.60. The topological polar surface area (TPSA) is 26.3 Å². The lowest BCUT2D eigenvalue weighted by Gasteiger charge is -2.10. The fourth-order valence-electron chi connectivity index (χ4n) is 2.46. The molecule has 0 aliphatic carbocycles. The molecule has 0 saturated carbocycles. The van der Waals surface area contributed by atoms with Crippen LogP contribution in [-0.4, -0.2) is 13.1 Å². The number of ether oxygens (including phenoxy) is 1. The van der Waals surface area contributed by atoms with Crippen molar-refractivity contribution in [3.05, 3.63) is 90.0 Å². The van der Waals surface area contributed by atoms with Gasteiger partial charge in [-0.05, 0) is 24.3 Å². The highest BCUT2D eigenvalue weighted by molar-refractivity contribution is 7.97. The zero-order valence-corrected chi connectivity index (χ0v) is 14.2. The second-order valence-corrected chi connectivity index (χ2v) is 7.22. The van der Waals surface area contributed by atoms with Crippen molar-refractivity contribution in [2.24, 2.45) is 0 Å². The second kappa shape index (κ2) is 7.49. The third-order valence-corrected chi connectivity index (χ3v) is 5.79. The zero-order chi connectivity index (χ0) is 17.8. The lowest BCUT2D eigenvalue weighted by atomic mass is 10.2. The number of carbonyl (C=O) groups is 1. The molecule has 0 radical (unpaired) electrons. The minimum atomic E-state index is -1.19. The smallest absolute Gasteiger partial charge is 0.341 e. The van der Waals surface area contributed by atoms with Crippen molar-refractivity contribution in [3.63, 3.8) is 0 Å². The first-order valence-corrected chi connectivity index (χ1v) is 8.76. The average molecular weight is 357 g/mol. The highest BCUT2D eigenvalue weighted by atomic mass is 32.2. The Morgan fingerprint density at radius 1 is 0.840 bits per heavy atom. The van der Waals surface area contributed by atoms with Gasteiger partial charge in [-0.3, -0.25) is 0 Å². The summed E-state index contributed by atoms with van der Waals surface area (Å²) in [6.45, 7) is 0. The average Bonchev–Trinajstić information content (AvgIpc) is 2.66. The minimum Gasteiger partial charge on any atom is -0.465 e. The molecule has 0 aliphatic heterocycles. The number of esters is 1. The molecule has 0 spiro atoms. The van der Waals surface area contributed by atoms with Crippen LogP contribution in [0.2, 0.25) is 0 Å². The number of rotatable bonds is 4. The van der Waals surface area contributed by atoms with Crippen molar-refractivity contribution >= 4 is 16.9 Å². The van der Waals surface area contributed by atoms with Crippen LogP contribution in [0.5, 0.6) is 0 Å². The van der Waals surface area contributed by atoms with Gasteiger partial charge in [0.05, 0.1) is 18.0 Å². The van der Waals surface area contributed by atoms with E-state index in [4.69, 9.17) is 0 Å². The van der Waals surface area contributed by atoms with Crippen LogP contribution in [-0.2, 0) is 15.6 Å². The first kappa shape index (κ1) is 17.2. The number of methoxy groups -OCH3 is 1. The Bertz CT molecular complexity index is 843. The zero-order valence-electron chi connectivity index (χ0n) is 13.4. The predicted molar refractivity (Wildman–Crippen MR) is 92.7 cm³/mol. The van der Waals surface area contributed by atoms with E-state index in [1.165, 1.54) is 6.07 Å². The summed E-state index contributed by atoms with van der Waals surface area (Å²) in [6.07, 6.45) is 0. The van der Waals surface area contributed by atoms with Gasteiger partial charge in [-0.25, -0.2) is 13.6 Å². The van der Waals surface area contributed by atoms with Gasteiger partial charge in [-0.2, -0.15) is 0 Å². The lowest BCUT2D eigenvalue weighted by Crippen LogP contribution is -2.11. The normalized spacial score (nSPS) is 10.7. The van der Waals surface area contributed by atoms with Gasteiger partial charge in [0.25, 0.3) is 0 Å². The van der Waals surface area contributed by atoms with E-state index in [0.717, 1.165) is 23.0 Å². The molecule has 0 N–H and O–H groups in total. The molecule has 0 saturated heterocycles. The van der Waals surface area contributed by atoms with Gasteiger partial charge in [-0.1, -0.05) is 36.4 Å².